The van der Waals surface area contributed by atoms with Crippen molar-refractivity contribution in [2.45, 2.75) is 225 Å². The number of hydrogen-bond donors (Lipinski definition) is 0. The number of nitrogens with zero attached hydrogens (tertiary/aromatic N) is 1. The van der Waals surface area contributed by atoms with Crippen LogP contribution in [0.15, 0.2) is 60.8 Å². The number of carboxylic acid groups (broad SMARTS) is 1. The van der Waals surface area contributed by atoms with Crippen molar-refractivity contribution in [2.75, 3.05) is 41.0 Å². The predicted molar refractivity (Wildman–Crippen MR) is 259 cm³/mol. The van der Waals surface area contributed by atoms with Gasteiger partial charge in [-0.15, -0.1) is 0 Å². The van der Waals surface area contributed by atoms with E-state index in [1.54, 1.807) is 21.1 Å². The van der Waals surface area contributed by atoms with Crippen LogP contribution >= 0.6 is 0 Å². The Bertz CT molecular complexity index is 1200. The first-order valence-corrected chi connectivity index (χ1v) is 25.4. The number of esters is 2. The second-order valence-electron chi connectivity index (χ2n) is 18.1. The van der Waals surface area contributed by atoms with Crippen molar-refractivity contribution in [3.8, 4) is 0 Å². The van der Waals surface area contributed by atoms with Crippen molar-refractivity contribution < 1.29 is 38.2 Å². The van der Waals surface area contributed by atoms with E-state index in [0.29, 0.717) is 12.8 Å². The zero-order valence-corrected chi connectivity index (χ0v) is 40.8. The van der Waals surface area contributed by atoms with E-state index < -0.39 is 18.1 Å². The maximum atomic E-state index is 12.8. The fourth-order valence-electron chi connectivity index (χ4n) is 7.24. The van der Waals surface area contributed by atoms with Crippen LogP contribution < -0.4 is 5.11 Å². The van der Waals surface area contributed by atoms with Gasteiger partial charge < -0.3 is 28.6 Å². The van der Waals surface area contributed by atoms with Crippen LogP contribution in [0.25, 0.3) is 0 Å². The highest BCUT2D eigenvalue weighted by Crippen LogP contribution is 2.15. The van der Waals surface area contributed by atoms with Gasteiger partial charge in [-0.05, 0) is 64.2 Å². The van der Waals surface area contributed by atoms with Crippen LogP contribution in [0.1, 0.15) is 213 Å². The van der Waals surface area contributed by atoms with E-state index in [0.717, 1.165) is 64.2 Å². The lowest BCUT2D eigenvalue weighted by atomic mass is 10.1. The van der Waals surface area contributed by atoms with E-state index >= 15 is 0 Å². The maximum Gasteiger partial charge on any atom is 0.306 e. The number of allylic oxidation sites excluding steroid dienone is 10. The summed E-state index contributed by atoms with van der Waals surface area (Å²) in [5.41, 5.74) is 0. The number of ether oxygens (including phenoxy) is 3. The van der Waals surface area contributed by atoms with Gasteiger partial charge in [0.1, 0.15) is 12.6 Å². The third-order valence-corrected chi connectivity index (χ3v) is 11.2. The van der Waals surface area contributed by atoms with Crippen molar-refractivity contribution in [3.05, 3.63) is 60.8 Å². The average molecular weight is 870 g/mol. The van der Waals surface area contributed by atoms with Crippen molar-refractivity contribution in [3.63, 3.8) is 0 Å². The van der Waals surface area contributed by atoms with Crippen molar-refractivity contribution in [2.24, 2.45) is 0 Å². The molecule has 0 saturated carbocycles. The molecule has 2 atom stereocenters. The molecule has 0 N–H and O–H groups in total. The topological polar surface area (TPSA) is 102 Å². The number of carbonyl (C=O) groups excluding carboxylic acids is 3. The van der Waals surface area contributed by atoms with Crippen LogP contribution in [0.5, 0.6) is 0 Å². The standard InChI is InChI=1S/C54H95NO7/c1-6-8-10-12-14-16-18-20-22-24-26-27-29-31-33-35-37-39-41-43-45-53(57)62-50(48-60-47-46-51(54(58)59)55(3,4)5)49-61-52(56)44-42-40-38-36-34-32-30-28-25-23-21-19-17-15-13-11-9-7-2/h16,18-23,25,28,30,50-51H,6-15,17,24,26-27,29,31-49H2,1-5H3/b18-16+,21-19+,22-20+,25-23+,30-28+. The molecule has 0 radical (unpaired) electrons. The van der Waals surface area contributed by atoms with Gasteiger partial charge in [0.05, 0.1) is 40.3 Å². The number of unbranched alkanes of at least 4 members (excludes halogenated alkanes) is 24. The molecular weight excluding hydrogens is 775 g/mol. The van der Waals surface area contributed by atoms with Gasteiger partial charge in [0, 0.05) is 19.3 Å². The van der Waals surface area contributed by atoms with Crippen molar-refractivity contribution in [1.29, 1.82) is 0 Å². The Morgan fingerprint density at radius 1 is 0.484 bits per heavy atom. The van der Waals surface area contributed by atoms with Gasteiger partial charge in [-0.1, -0.05) is 190 Å². The summed E-state index contributed by atoms with van der Waals surface area (Å²) in [5.74, 6) is -1.76. The zero-order valence-electron chi connectivity index (χ0n) is 40.8. The number of hydrogen-bond acceptors (Lipinski definition) is 7. The number of aliphatic carboxylic acids is 1. The molecule has 8 heteroatoms. The van der Waals surface area contributed by atoms with E-state index in [1.165, 1.54) is 116 Å². The summed E-state index contributed by atoms with van der Waals surface area (Å²) in [5, 5.41) is 11.7. The Morgan fingerprint density at radius 3 is 1.27 bits per heavy atom. The summed E-state index contributed by atoms with van der Waals surface area (Å²) in [6.07, 6.45) is 55.3. The van der Waals surface area contributed by atoms with Crippen molar-refractivity contribution in [1.82, 2.24) is 0 Å². The second kappa shape index (κ2) is 44.6. The molecule has 0 saturated heterocycles. The Morgan fingerprint density at radius 2 is 0.855 bits per heavy atom. The molecule has 8 nitrogen and oxygen atoms in total. The molecule has 0 amide bonds. The lowest BCUT2D eigenvalue weighted by molar-refractivity contribution is -0.889. The summed E-state index contributed by atoms with van der Waals surface area (Å²) < 4.78 is 17.2. The highest BCUT2D eigenvalue weighted by Gasteiger charge is 2.25. The van der Waals surface area contributed by atoms with E-state index in [4.69, 9.17) is 14.2 Å². The Labute approximate surface area is 381 Å². The molecule has 62 heavy (non-hydrogen) atoms. The smallest absolute Gasteiger partial charge is 0.306 e. The molecule has 2 unspecified atom stereocenters. The third kappa shape index (κ3) is 42.3. The molecule has 358 valence electrons. The molecule has 0 aromatic carbocycles. The number of quaternary nitrogens is 1. The SMILES string of the molecule is CCCCCC/C=C/C=C/CCCCCCCCCCCCC(=O)OC(COCCC(C(=O)[O-])[N+](C)(C)C)COC(=O)CCCCCCC/C=C/C=C/C=C/CCCCCCC. The van der Waals surface area contributed by atoms with Crippen LogP contribution in [-0.2, 0) is 28.6 Å². The molecule has 0 aliphatic heterocycles. The number of likely N-dealkylation sites (N-methyl/N-ethyl adjacent to an activating group) is 1. The van der Waals surface area contributed by atoms with E-state index in [1.807, 2.05) is 0 Å². The minimum atomic E-state index is -1.13. The first-order chi connectivity index (χ1) is 30.1. The molecule has 0 rings (SSSR count). The van der Waals surface area contributed by atoms with Gasteiger partial charge in [0.15, 0.2) is 6.10 Å². The minimum absolute atomic E-state index is 0.0311. The zero-order chi connectivity index (χ0) is 45.6. The van der Waals surface area contributed by atoms with E-state index in [2.05, 4.69) is 74.6 Å². The van der Waals surface area contributed by atoms with Crippen LogP contribution in [-0.4, -0.2) is 75.5 Å². The molecule has 0 fully saturated rings. The first-order valence-electron chi connectivity index (χ1n) is 25.4. The van der Waals surface area contributed by atoms with Crippen molar-refractivity contribution >= 4 is 17.9 Å². The van der Waals surface area contributed by atoms with Gasteiger partial charge in [0.25, 0.3) is 0 Å². The molecule has 0 heterocycles. The normalized spacial score (nSPS) is 13.4. The lowest BCUT2D eigenvalue weighted by Gasteiger charge is -2.34. The van der Waals surface area contributed by atoms with Gasteiger partial charge in [0.2, 0.25) is 0 Å². The van der Waals surface area contributed by atoms with Gasteiger partial charge in [-0.3, -0.25) is 9.59 Å². The lowest BCUT2D eigenvalue weighted by Crippen LogP contribution is -2.55. The quantitative estimate of drug-likeness (QED) is 0.0260. The summed E-state index contributed by atoms with van der Waals surface area (Å²) in [4.78, 5) is 37.0. The Hall–Kier alpha value is -2.97. The number of rotatable bonds is 45. The summed E-state index contributed by atoms with van der Waals surface area (Å²) >= 11 is 0. The summed E-state index contributed by atoms with van der Waals surface area (Å²) in [7, 11) is 5.40. The minimum Gasteiger partial charge on any atom is -0.544 e. The van der Waals surface area contributed by atoms with Crippen LogP contribution in [0.2, 0.25) is 0 Å². The van der Waals surface area contributed by atoms with Gasteiger partial charge in [-0.25, -0.2) is 0 Å². The van der Waals surface area contributed by atoms with Crippen LogP contribution in [0, 0.1) is 0 Å². The van der Waals surface area contributed by atoms with E-state index in [9.17, 15) is 19.5 Å². The highest BCUT2D eigenvalue weighted by molar-refractivity contribution is 5.70. The monoisotopic (exact) mass is 870 g/mol. The van der Waals surface area contributed by atoms with Gasteiger partial charge in [-0.2, -0.15) is 0 Å². The summed E-state index contributed by atoms with van der Waals surface area (Å²) in [6.45, 7) is 4.61. The average Bonchev–Trinajstić information content (AvgIpc) is 3.23. The second-order valence-corrected chi connectivity index (χ2v) is 18.1. The summed E-state index contributed by atoms with van der Waals surface area (Å²) in [6, 6.07) is -0.732. The molecule has 0 bridgehead atoms. The fourth-order valence-corrected chi connectivity index (χ4v) is 7.24. The molecule has 0 aromatic rings. The molecule has 0 aliphatic carbocycles. The Balaban J connectivity index is 4.31. The third-order valence-electron chi connectivity index (χ3n) is 11.2. The van der Waals surface area contributed by atoms with Gasteiger partial charge >= 0.3 is 11.9 Å². The molecular formula is C54H95NO7. The maximum absolute atomic E-state index is 12.8. The number of carbonyl (C=O) groups is 3. The van der Waals surface area contributed by atoms with Crippen LogP contribution in [0.3, 0.4) is 0 Å². The predicted octanol–water partition coefficient (Wildman–Crippen LogP) is 13.2. The fraction of sp³-hybridized carbons (Fsp3) is 0.759. The first kappa shape index (κ1) is 59.0. The number of carboxylic acids is 1. The molecule has 0 aromatic heterocycles. The molecule has 0 aliphatic rings. The van der Waals surface area contributed by atoms with Crippen LogP contribution in [0.4, 0.5) is 0 Å². The van der Waals surface area contributed by atoms with E-state index in [-0.39, 0.29) is 42.7 Å². The highest BCUT2D eigenvalue weighted by atomic mass is 16.6. The molecule has 0 spiro atoms. The largest absolute Gasteiger partial charge is 0.544 e. The Kier molecular flexibility index (Phi) is 42.5.